The summed E-state index contributed by atoms with van der Waals surface area (Å²) in [4.78, 5) is 2.48. The lowest BCUT2D eigenvalue weighted by molar-refractivity contribution is 0.669. The predicted octanol–water partition coefficient (Wildman–Crippen LogP) is 15.8. The van der Waals surface area contributed by atoms with E-state index < -0.39 is 10.8 Å². The van der Waals surface area contributed by atoms with Gasteiger partial charge in [-0.1, -0.05) is 218 Å². The zero-order chi connectivity index (χ0) is 42.2. The largest absolute Gasteiger partial charge is 0.454 e. The molecule has 0 fully saturated rings. The smallest absolute Gasteiger partial charge is 0.159 e. The normalized spacial score (nSPS) is 13.9. The highest BCUT2D eigenvalue weighted by Gasteiger charge is 2.49. The Kier molecular flexibility index (Phi) is 8.07. The van der Waals surface area contributed by atoms with Crippen molar-refractivity contribution in [3.05, 3.63) is 293 Å². The predicted molar refractivity (Wildman–Crippen MR) is 263 cm³/mol. The quantitative estimate of drug-likeness (QED) is 0.159. The van der Waals surface area contributed by atoms with Crippen LogP contribution < -0.4 is 4.90 Å². The molecular weight excluding hydrogens is 775 g/mol. The van der Waals surface area contributed by atoms with E-state index in [2.05, 4.69) is 254 Å². The van der Waals surface area contributed by atoms with Crippen molar-refractivity contribution in [2.75, 3.05) is 4.90 Å². The third-order valence-electron chi connectivity index (χ3n) is 14.0. The van der Waals surface area contributed by atoms with Crippen LogP contribution in [0.2, 0.25) is 0 Å². The van der Waals surface area contributed by atoms with Gasteiger partial charge in [0, 0.05) is 22.0 Å². The molecule has 1 heterocycles. The molecule has 1 aromatic heterocycles. The van der Waals surface area contributed by atoms with Crippen LogP contribution in [0.25, 0.3) is 44.2 Å². The third-order valence-corrected chi connectivity index (χ3v) is 14.0. The lowest BCUT2D eigenvalue weighted by Gasteiger charge is -2.35. The summed E-state index contributed by atoms with van der Waals surface area (Å²) in [6.07, 6.45) is 0. The van der Waals surface area contributed by atoms with Crippen LogP contribution in [0, 0.1) is 0 Å². The third kappa shape index (κ3) is 4.97. The maximum Gasteiger partial charge on any atom is 0.159 e. The van der Waals surface area contributed by atoms with Crippen molar-refractivity contribution < 1.29 is 4.42 Å². The van der Waals surface area contributed by atoms with Gasteiger partial charge < -0.3 is 9.32 Å². The van der Waals surface area contributed by atoms with Crippen LogP contribution >= 0.6 is 0 Å². The number of hydrogen-bond donors (Lipinski definition) is 0. The van der Waals surface area contributed by atoms with E-state index in [-0.39, 0.29) is 0 Å². The highest BCUT2D eigenvalue weighted by atomic mass is 16.3. The molecule has 300 valence electrons. The van der Waals surface area contributed by atoms with E-state index in [9.17, 15) is 0 Å². The molecule has 0 aliphatic heterocycles. The number of para-hydroxylation sites is 2. The molecule has 0 amide bonds. The van der Waals surface area contributed by atoms with Gasteiger partial charge in [0.25, 0.3) is 0 Å². The monoisotopic (exact) mass is 815 g/mol. The summed E-state index contributed by atoms with van der Waals surface area (Å²) < 4.78 is 6.96. The van der Waals surface area contributed by atoms with Crippen LogP contribution in [0.4, 0.5) is 17.1 Å². The average Bonchev–Trinajstić information content (AvgIpc) is 4.01. The van der Waals surface area contributed by atoms with E-state index in [4.69, 9.17) is 4.42 Å². The van der Waals surface area contributed by atoms with Crippen molar-refractivity contribution in [3.8, 4) is 22.3 Å². The summed E-state index contributed by atoms with van der Waals surface area (Å²) in [5.41, 5.74) is 18.7. The minimum atomic E-state index is -0.567. The van der Waals surface area contributed by atoms with Crippen LogP contribution in [0.1, 0.15) is 44.5 Å². The van der Waals surface area contributed by atoms with Gasteiger partial charge >= 0.3 is 0 Å². The minimum absolute atomic E-state index is 0.559. The molecule has 0 N–H and O–H groups in total. The number of benzene rings is 10. The number of hydrogen-bond acceptors (Lipinski definition) is 2. The lowest BCUT2D eigenvalue weighted by Crippen LogP contribution is -2.29. The summed E-state index contributed by atoms with van der Waals surface area (Å²) in [5, 5.41) is 2.19. The molecule has 0 saturated heterocycles. The molecule has 10 aromatic carbocycles. The molecular formula is C62H41NO. The highest BCUT2D eigenvalue weighted by Crippen LogP contribution is 2.61. The first-order chi connectivity index (χ1) is 31.8. The van der Waals surface area contributed by atoms with Crippen LogP contribution in [-0.2, 0) is 10.8 Å². The maximum absolute atomic E-state index is 6.96. The van der Waals surface area contributed by atoms with Gasteiger partial charge in [-0.25, -0.2) is 0 Å². The van der Waals surface area contributed by atoms with Crippen LogP contribution in [-0.4, -0.2) is 0 Å². The first-order valence-corrected chi connectivity index (χ1v) is 22.2. The summed E-state index contributed by atoms with van der Waals surface area (Å²) >= 11 is 0. The van der Waals surface area contributed by atoms with Crippen molar-refractivity contribution in [1.82, 2.24) is 0 Å². The SMILES string of the molecule is c1ccc(C2(c3ccccc3)c3ccccc3-c3ccc(N(c4cccc5c4-c4ccccc4C5(c4ccccc4)c4ccccc4)c4cccc5c4oc4ccccc45)cc32)cc1. The van der Waals surface area contributed by atoms with E-state index in [0.29, 0.717) is 0 Å². The molecule has 2 aliphatic carbocycles. The summed E-state index contributed by atoms with van der Waals surface area (Å²) in [6, 6.07) is 91.4. The number of nitrogens with zero attached hydrogens (tertiary/aromatic N) is 1. The Bertz CT molecular complexity index is 3470. The Hall–Kier alpha value is -8.20. The van der Waals surface area contributed by atoms with Crippen molar-refractivity contribution in [2.24, 2.45) is 0 Å². The number of fused-ring (bicyclic) bond motifs is 9. The fourth-order valence-corrected chi connectivity index (χ4v) is 11.5. The second-order valence-electron chi connectivity index (χ2n) is 17.1. The van der Waals surface area contributed by atoms with Crippen molar-refractivity contribution in [2.45, 2.75) is 10.8 Å². The fourth-order valence-electron chi connectivity index (χ4n) is 11.5. The molecule has 2 aliphatic rings. The summed E-state index contributed by atoms with van der Waals surface area (Å²) in [7, 11) is 0. The number of furan rings is 1. The Morgan fingerprint density at radius 3 is 1.41 bits per heavy atom. The number of anilines is 3. The lowest BCUT2D eigenvalue weighted by atomic mass is 9.67. The molecule has 0 bridgehead atoms. The molecule has 2 nitrogen and oxygen atoms in total. The zero-order valence-electron chi connectivity index (χ0n) is 35.0. The Labute approximate surface area is 373 Å². The maximum atomic E-state index is 6.96. The molecule has 11 aromatic rings. The van der Waals surface area contributed by atoms with E-state index in [1.807, 2.05) is 0 Å². The van der Waals surface area contributed by atoms with Gasteiger partial charge in [-0.3, -0.25) is 0 Å². The minimum Gasteiger partial charge on any atom is -0.454 e. The molecule has 0 radical (unpaired) electrons. The van der Waals surface area contributed by atoms with Crippen LogP contribution in [0.15, 0.2) is 253 Å². The second kappa shape index (κ2) is 14.2. The molecule has 13 rings (SSSR count). The fraction of sp³-hybridized carbons (Fsp3) is 0.0323. The van der Waals surface area contributed by atoms with Gasteiger partial charge in [-0.15, -0.1) is 0 Å². The first kappa shape index (κ1) is 36.5. The molecule has 0 saturated carbocycles. The Balaban J connectivity index is 1.15. The Morgan fingerprint density at radius 1 is 0.312 bits per heavy atom. The number of rotatable bonds is 7. The van der Waals surface area contributed by atoms with E-state index in [1.165, 1.54) is 66.8 Å². The van der Waals surface area contributed by atoms with Gasteiger partial charge in [-0.2, -0.15) is 0 Å². The van der Waals surface area contributed by atoms with E-state index in [0.717, 1.165) is 39.0 Å². The Morgan fingerprint density at radius 2 is 0.766 bits per heavy atom. The van der Waals surface area contributed by atoms with Gasteiger partial charge in [0.15, 0.2) is 5.58 Å². The first-order valence-electron chi connectivity index (χ1n) is 22.2. The van der Waals surface area contributed by atoms with Gasteiger partial charge in [-0.05, 0) is 91.5 Å². The summed E-state index contributed by atoms with van der Waals surface area (Å²) in [5.74, 6) is 0. The average molecular weight is 816 g/mol. The van der Waals surface area contributed by atoms with Crippen molar-refractivity contribution in [3.63, 3.8) is 0 Å². The highest BCUT2D eigenvalue weighted by molar-refractivity contribution is 6.11. The van der Waals surface area contributed by atoms with Gasteiger partial charge in [0.05, 0.1) is 22.2 Å². The molecule has 0 spiro atoms. The summed E-state index contributed by atoms with van der Waals surface area (Å²) in [6.45, 7) is 0. The van der Waals surface area contributed by atoms with Gasteiger partial charge in [0.1, 0.15) is 5.58 Å². The topological polar surface area (TPSA) is 16.4 Å². The van der Waals surface area contributed by atoms with E-state index in [1.54, 1.807) is 0 Å². The standard InChI is InChI=1S/C62H41NO/c1-5-21-42(22-6-1)61(43-23-7-2-8-24-43)53-34-17-14-31-51(53)59-54(61)35-20-36-56(59)63(57-37-19-32-50-49-30-15-18-38-58(49)64-60(50)57)46-39-40-48-47-29-13-16-33-52(47)62(55(48)41-46,44-25-9-3-10-26-44)45-27-11-4-12-28-45/h1-41H. The van der Waals surface area contributed by atoms with Gasteiger partial charge in [0.2, 0.25) is 0 Å². The van der Waals surface area contributed by atoms with Crippen LogP contribution in [0.5, 0.6) is 0 Å². The van der Waals surface area contributed by atoms with Crippen LogP contribution in [0.3, 0.4) is 0 Å². The van der Waals surface area contributed by atoms with E-state index >= 15 is 0 Å². The second-order valence-corrected chi connectivity index (χ2v) is 17.1. The van der Waals surface area contributed by atoms with Crippen molar-refractivity contribution in [1.29, 1.82) is 0 Å². The molecule has 0 unspecified atom stereocenters. The van der Waals surface area contributed by atoms with Crippen molar-refractivity contribution >= 4 is 39.0 Å². The molecule has 0 atom stereocenters. The zero-order valence-corrected chi connectivity index (χ0v) is 35.0. The molecule has 2 heteroatoms. The molecule has 64 heavy (non-hydrogen) atoms.